The van der Waals surface area contributed by atoms with Gasteiger partial charge in [-0.05, 0) is 30.3 Å². The molecule has 3 atom stereocenters. The maximum atomic E-state index is 13.7. The Hall–Kier alpha value is -3.36. The fourth-order valence-electron chi connectivity index (χ4n) is 5.15. The number of nitrogens with zero attached hydrogens (tertiary/aromatic N) is 3. The van der Waals surface area contributed by atoms with Crippen LogP contribution in [0.2, 0.25) is 0 Å². The topological polar surface area (TPSA) is 102 Å². The lowest BCUT2D eigenvalue weighted by molar-refractivity contribution is -0.138. The van der Waals surface area contributed by atoms with Gasteiger partial charge >= 0.3 is 11.0 Å². The number of ether oxygens (including phenoxy) is 1. The molecule has 2 saturated heterocycles. The van der Waals surface area contributed by atoms with E-state index in [9.17, 15) is 32.3 Å². The van der Waals surface area contributed by atoms with Gasteiger partial charge in [-0.3, -0.25) is 23.7 Å². The van der Waals surface area contributed by atoms with Crippen LogP contribution in [0.15, 0.2) is 56.9 Å². The van der Waals surface area contributed by atoms with Crippen molar-refractivity contribution in [3.05, 3.63) is 68.5 Å². The SMILES string of the molecule is O=C(Cn1c2c(sc1=O)[C@H](c1ccco1)C1C(=O)N(c3cccc(C(F)(F)F)c3)C(=O)C1S2)N1CCOCC1. The lowest BCUT2D eigenvalue weighted by atomic mass is 9.87. The van der Waals surface area contributed by atoms with Crippen molar-refractivity contribution in [2.45, 2.75) is 28.9 Å². The van der Waals surface area contributed by atoms with Crippen LogP contribution in [0.5, 0.6) is 0 Å². The number of carbonyl (C=O) groups is 3. The second kappa shape index (κ2) is 9.68. The van der Waals surface area contributed by atoms with Gasteiger partial charge in [-0.15, -0.1) is 0 Å². The monoisotopic (exact) mass is 579 g/mol. The number of hydrogen-bond donors (Lipinski definition) is 0. The highest BCUT2D eigenvalue weighted by Gasteiger charge is 2.57. The number of rotatable bonds is 4. The summed E-state index contributed by atoms with van der Waals surface area (Å²) in [4.78, 5) is 55.9. The van der Waals surface area contributed by atoms with E-state index < -0.39 is 45.5 Å². The van der Waals surface area contributed by atoms with Gasteiger partial charge in [0.05, 0.1) is 52.5 Å². The smallest absolute Gasteiger partial charge is 0.416 e. The summed E-state index contributed by atoms with van der Waals surface area (Å²) in [6, 6.07) is 7.29. The van der Waals surface area contributed by atoms with Gasteiger partial charge in [-0.2, -0.15) is 13.2 Å². The first-order valence-electron chi connectivity index (χ1n) is 12.0. The average molecular weight is 580 g/mol. The third-order valence-electron chi connectivity index (χ3n) is 6.99. The van der Waals surface area contributed by atoms with Crippen molar-refractivity contribution in [2.24, 2.45) is 5.92 Å². The second-order valence-electron chi connectivity index (χ2n) is 9.23. The van der Waals surface area contributed by atoms with Gasteiger partial charge in [0.15, 0.2) is 0 Å². The number of thioether (sulfide) groups is 1. The van der Waals surface area contributed by atoms with Gasteiger partial charge in [0.1, 0.15) is 17.6 Å². The third-order valence-corrected chi connectivity index (χ3v) is 9.59. The molecule has 0 saturated carbocycles. The molecule has 5 heterocycles. The Kier molecular flexibility index (Phi) is 6.43. The average Bonchev–Trinajstić information content (AvgIpc) is 3.61. The zero-order valence-corrected chi connectivity index (χ0v) is 21.7. The molecule has 3 aromatic rings. The standard InChI is InChI=1S/C25H20F3N3O6S2/c26-25(27,28)13-3-1-4-14(11-13)31-21(33)18-17(15-5-2-8-37-15)20-23(38-19(18)22(31)34)30(24(35)39-20)12-16(32)29-6-9-36-10-7-29/h1-5,8,11,17-19H,6-7,9-10,12H2/t17-,18?,19?/m1/s1. The lowest BCUT2D eigenvalue weighted by Crippen LogP contribution is -2.43. The highest BCUT2D eigenvalue weighted by atomic mass is 32.2. The Bertz CT molecular complexity index is 1510. The van der Waals surface area contributed by atoms with Gasteiger partial charge in [0.2, 0.25) is 17.7 Å². The molecule has 0 bridgehead atoms. The van der Waals surface area contributed by atoms with E-state index in [1.54, 1.807) is 17.0 Å². The maximum Gasteiger partial charge on any atom is 0.416 e. The Morgan fingerprint density at radius 1 is 1.05 bits per heavy atom. The maximum absolute atomic E-state index is 13.7. The predicted molar refractivity (Wildman–Crippen MR) is 134 cm³/mol. The van der Waals surface area contributed by atoms with E-state index >= 15 is 0 Å². The molecule has 9 nitrogen and oxygen atoms in total. The largest absolute Gasteiger partial charge is 0.469 e. The summed E-state index contributed by atoms with van der Waals surface area (Å²) in [6.07, 6.45) is -3.26. The van der Waals surface area contributed by atoms with Gasteiger partial charge in [-0.25, -0.2) is 4.90 Å². The molecule has 1 aromatic carbocycles. The van der Waals surface area contributed by atoms with Crippen LogP contribution in [0.25, 0.3) is 0 Å². The van der Waals surface area contributed by atoms with Crippen molar-refractivity contribution in [1.29, 1.82) is 0 Å². The molecule has 0 radical (unpaired) electrons. The Balaban J connectivity index is 1.40. The fourth-order valence-corrected chi connectivity index (χ4v) is 7.91. The number of anilines is 1. The normalized spacial score (nSPS) is 23.2. The molecule has 2 unspecified atom stereocenters. The first kappa shape index (κ1) is 25.9. The van der Waals surface area contributed by atoms with Crippen LogP contribution in [0.3, 0.4) is 0 Å². The zero-order valence-electron chi connectivity index (χ0n) is 20.1. The lowest BCUT2D eigenvalue weighted by Gasteiger charge is -2.30. The summed E-state index contributed by atoms with van der Waals surface area (Å²) >= 11 is 1.85. The number of amides is 3. The molecule has 6 rings (SSSR count). The fraction of sp³-hybridized carbons (Fsp3) is 0.360. The summed E-state index contributed by atoms with van der Waals surface area (Å²) in [5, 5.41) is -0.658. The second-order valence-corrected chi connectivity index (χ2v) is 11.4. The molecular weight excluding hydrogens is 559 g/mol. The minimum absolute atomic E-state index is 0.184. The molecule has 14 heteroatoms. The van der Waals surface area contributed by atoms with Crippen molar-refractivity contribution in [1.82, 2.24) is 9.47 Å². The van der Waals surface area contributed by atoms with Crippen molar-refractivity contribution < 1.29 is 36.7 Å². The molecule has 3 amide bonds. The molecular formula is C25H20F3N3O6S2. The minimum Gasteiger partial charge on any atom is -0.469 e. The summed E-state index contributed by atoms with van der Waals surface area (Å²) in [5.74, 6) is -3.16. The van der Waals surface area contributed by atoms with Crippen LogP contribution >= 0.6 is 23.1 Å². The van der Waals surface area contributed by atoms with Crippen LogP contribution in [0, 0.1) is 5.92 Å². The van der Waals surface area contributed by atoms with E-state index in [0.717, 1.165) is 46.2 Å². The van der Waals surface area contributed by atoms with Crippen LogP contribution in [0.4, 0.5) is 18.9 Å². The number of thiazole rings is 1. The number of imide groups is 1. The molecule has 39 heavy (non-hydrogen) atoms. The van der Waals surface area contributed by atoms with Crippen LogP contribution in [-0.2, 0) is 31.8 Å². The Morgan fingerprint density at radius 3 is 2.51 bits per heavy atom. The van der Waals surface area contributed by atoms with Gasteiger partial charge < -0.3 is 14.1 Å². The number of furan rings is 1. The molecule has 2 fully saturated rings. The van der Waals surface area contributed by atoms with E-state index in [1.165, 1.54) is 16.9 Å². The van der Waals surface area contributed by atoms with E-state index in [1.807, 2.05) is 0 Å². The third kappa shape index (κ3) is 4.39. The van der Waals surface area contributed by atoms with Crippen molar-refractivity contribution in [3.63, 3.8) is 0 Å². The minimum atomic E-state index is -4.66. The van der Waals surface area contributed by atoms with Crippen LogP contribution in [0.1, 0.15) is 22.1 Å². The zero-order chi connectivity index (χ0) is 27.5. The van der Waals surface area contributed by atoms with Gasteiger partial charge in [0, 0.05) is 13.1 Å². The van der Waals surface area contributed by atoms with Crippen molar-refractivity contribution >= 4 is 46.5 Å². The summed E-state index contributed by atoms with van der Waals surface area (Å²) in [5.41, 5.74) is -1.17. The summed E-state index contributed by atoms with van der Waals surface area (Å²) in [6.45, 7) is 1.32. The molecule has 3 aliphatic heterocycles. The first-order valence-corrected chi connectivity index (χ1v) is 13.7. The Labute approximate surface area is 227 Å². The van der Waals surface area contributed by atoms with Gasteiger partial charge in [-0.1, -0.05) is 29.2 Å². The summed E-state index contributed by atoms with van der Waals surface area (Å²) in [7, 11) is 0. The quantitative estimate of drug-likeness (QED) is 0.438. The summed E-state index contributed by atoms with van der Waals surface area (Å²) < 4.78 is 52.3. The van der Waals surface area contributed by atoms with E-state index in [-0.39, 0.29) is 18.1 Å². The van der Waals surface area contributed by atoms with E-state index in [4.69, 9.17) is 9.15 Å². The number of carbonyl (C=O) groups excluding carboxylic acids is 3. The number of morpholine rings is 1. The molecule has 0 N–H and O–H groups in total. The number of fused-ring (bicyclic) bond motifs is 2. The van der Waals surface area contributed by atoms with E-state index in [0.29, 0.717) is 42.0 Å². The molecule has 2 aromatic heterocycles. The molecule has 0 spiro atoms. The Morgan fingerprint density at radius 2 is 1.82 bits per heavy atom. The number of alkyl halides is 3. The van der Waals surface area contributed by atoms with E-state index in [2.05, 4.69) is 0 Å². The molecule has 3 aliphatic rings. The number of aromatic nitrogens is 1. The van der Waals surface area contributed by atoms with Crippen molar-refractivity contribution in [2.75, 3.05) is 31.2 Å². The number of benzene rings is 1. The molecule has 204 valence electrons. The van der Waals surface area contributed by atoms with Crippen LogP contribution in [-0.4, -0.2) is 58.7 Å². The van der Waals surface area contributed by atoms with Crippen molar-refractivity contribution in [3.8, 4) is 0 Å². The highest BCUT2D eigenvalue weighted by molar-refractivity contribution is 8.00. The highest BCUT2D eigenvalue weighted by Crippen LogP contribution is 2.54. The van der Waals surface area contributed by atoms with Gasteiger partial charge in [0.25, 0.3) is 0 Å². The van der Waals surface area contributed by atoms with Crippen LogP contribution < -0.4 is 9.77 Å². The molecule has 0 aliphatic carbocycles. The number of hydrogen-bond acceptors (Lipinski definition) is 8. The number of halogens is 3. The predicted octanol–water partition coefficient (Wildman–Crippen LogP) is 3.18. The first-order chi connectivity index (χ1) is 18.6.